The van der Waals surface area contributed by atoms with Gasteiger partial charge in [-0.15, -0.1) is 11.3 Å². The predicted molar refractivity (Wildman–Crippen MR) is 277 cm³/mol. The molecule has 4 heterocycles. The number of nitrogens with one attached hydrogen (secondary N) is 2. The molecule has 4 amide bonds. The molecule has 3 atom stereocenters. The van der Waals surface area contributed by atoms with Gasteiger partial charge in [-0.2, -0.15) is 18.4 Å². The first kappa shape index (κ1) is 55.7. The maximum Gasteiger partial charge on any atom is 0.417 e. The number of nitrogens with zero attached hydrogens (tertiary/aromatic N) is 6. The highest BCUT2D eigenvalue weighted by Gasteiger charge is 2.57. The van der Waals surface area contributed by atoms with Crippen LogP contribution in [0.15, 0.2) is 72.2 Å². The summed E-state index contributed by atoms with van der Waals surface area (Å²) in [6.07, 6.45) is -2.88. The van der Waals surface area contributed by atoms with Crippen molar-refractivity contribution in [3.8, 4) is 22.3 Å². The lowest BCUT2D eigenvalue weighted by Crippen LogP contribution is -2.58. The van der Waals surface area contributed by atoms with Gasteiger partial charge in [-0.1, -0.05) is 45.0 Å². The maximum absolute atomic E-state index is 14.3. The summed E-state index contributed by atoms with van der Waals surface area (Å²) in [5.74, 6) is -1.16. The number of thiazole rings is 1. The van der Waals surface area contributed by atoms with Gasteiger partial charge in [-0.25, -0.2) is 4.98 Å². The lowest BCUT2D eigenvalue weighted by molar-refractivity contribution is -0.144. The van der Waals surface area contributed by atoms with E-state index in [2.05, 4.69) is 20.5 Å². The average molecular weight is 1060 g/mol. The number of benzene rings is 3. The fraction of sp³-hybridized carbons (Fsp3) is 0.491. The van der Waals surface area contributed by atoms with E-state index in [9.17, 15) is 42.7 Å². The number of carbonyl (C=O) groups is 4. The van der Waals surface area contributed by atoms with Gasteiger partial charge in [0.1, 0.15) is 30.0 Å². The van der Waals surface area contributed by atoms with Gasteiger partial charge in [-0.05, 0) is 117 Å². The Balaban J connectivity index is 0.804. The molecule has 3 aliphatic rings. The number of anilines is 2. The highest BCUT2D eigenvalue weighted by Crippen LogP contribution is 2.44. The molecule has 0 bridgehead atoms. The van der Waals surface area contributed by atoms with Crippen molar-refractivity contribution in [3.63, 3.8) is 0 Å². The zero-order valence-corrected chi connectivity index (χ0v) is 43.8. The van der Waals surface area contributed by atoms with Crippen LogP contribution in [0.1, 0.15) is 81.7 Å². The molecule has 1 aromatic heterocycles. The van der Waals surface area contributed by atoms with Gasteiger partial charge in [0, 0.05) is 58.1 Å². The van der Waals surface area contributed by atoms with Crippen molar-refractivity contribution < 1.29 is 51.7 Å². The fourth-order valence-electron chi connectivity index (χ4n) is 9.39. The van der Waals surface area contributed by atoms with Gasteiger partial charge in [-0.3, -0.25) is 24.1 Å². The second kappa shape index (κ2) is 24.1. The van der Waals surface area contributed by atoms with Crippen molar-refractivity contribution in [1.82, 2.24) is 25.4 Å². The number of ether oxygens (including phenoxy) is 3. The molecule has 7 rings (SSSR count). The van der Waals surface area contributed by atoms with Gasteiger partial charge in [0.2, 0.25) is 17.7 Å². The van der Waals surface area contributed by atoms with Gasteiger partial charge >= 0.3 is 6.18 Å². The van der Waals surface area contributed by atoms with Gasteiger partial charge in [0.15, 0.2) is 5.11 Å². The largest absolute Gasteiger partial charge is 0.494 e. The van der Waals surface area contributed by atoms with E-state index >= 15 is 0 Å². The number of aliphatic hydroxyl groups excluding tert-OH is 1. The zero-order valence-electron chi connectivity index (χ0n) is 42.2. The molecule has 4 aromatic rings. The SMILES string of the molecule is Cc1ncsc1-c1ccc(CNC(=O)[C@@H]2C[C@@H](O)CN2C(=O)[C@@H](NC(=O)COCCCOCCCCOc2ccc(N3C(=S)N(c4ccc(C#N)c(C(F)(F)F)c4)C(=O)C34CCN(C)CC4)cc2)C(C)(C)C)cc1. The number of unbranched alkanes of at least 4 members (excludes halogenated alkanes) is 1. The van der Waals surface area contributed by atoms with E-state index in [4.69, 9.17) is 26.4 Å². The highest BCUT2D eigenvalue weighted by atomic mass is 32.1. The minimum absolute atomic E-state index is 0.0345. The maximum atomic E-state index is 14.3. The number of hydrogen-bond donors (Lipinski definition) is 3. The lowest BCUT2D eigenvalue weighted by atomic mass is 9.85. The van der Waals surface area contributed by atoms with Gasteiger partial charge < -0.3 is 44.7 Å². The topological polar surface area (TPSA) is 190 Å². The summed E-state index contributed by atoms with van der Waals surface area (Å²) in [6.45, 7) is 10.0. The van der Waals surface area contributed by atoms with Crippen LogP contribution < -0.4 is 25.2 Å². The van der Waals surface area contributed by atoms with Crippen molar-refractivity contribution in [2.24, 2.45) is 5.41 Å². The van der Waals surface area contributed by atoms with Crippen molar-refractivity contribution >= 4 is 63.7 Å². The number of likely N-dealkylation sites (tertiary alicyclic amines) is 2. The molecule has 16 nitrogen and oxygen atoms in total. The molecule has 0 saturated carbocycles. The van der Waals surface area contributed by atoms with E-state index in [1.54, 1.807) is 52.1 Å². The second-order valence-electron chi connectivity index (χ2n) is 19.9. The van der Waals surface area contributed by atoms with Crippen LogP contribution in [0.25, 0.3) is 10.4 Å². The third-order valence-corrected chi connectivity index (χ3v) is 14.8. The minimum atomic E-state index is -4.81. The van der Waals surface area contributed by atoms with Crippen LogP contribution in [0, 0.1) is 23.7 Å². The number of β-amino-alcohol motifs (C(OH)–C–C–N with tert-alkyl or cyclic N) is 1. The highest BCUT2D eigenvalue weighted by molar-refractivity contribution is 7.81. The van der Waals surface area contributed by atoms with Crippen molar-refractivity contribution in [1.29, 1.82) is 5.26 Å². The number of piperidine rings is 1. The van der Waals surface area contributed by atoms with Gasteiger partial charge in [0.05, 0.1) is 51.7 Å². The van der Waals surface area contributed by atoms with E-state index in [1.807, 2.05) is 59.0 Å². The van der Waals surface area contributed by atoms with Gasteiger partial charge in [0.25, 0.3) is 5.91 Å². The average Bonchev–Trinajstić information content (AvgIpc) is 4.04. The number of carbonyl (C=O) groups excluding carboxylic acids is 4. The zero-order chi connectivity index (χ0) is 53.4. The molecule has 3 N–H and O–H groups in total. The summed E-state index contributed by atoms with van der Waals surface area (Å²) < 4.78 is 59.2. The molecule has 74 heavy (non-hydrogen) atoms. The van der Waals surface area contributed by atoms with Crippen LogP contribution in [0.5, 0.6) is 5.75 Å². The smallest absolute Gasteiger partial charge is 0.417 e. The molecule has 3 aliphatic heterocycles. The third kappa shape index (κ3) is 13.1. The van der Waals surface area contributed by atoms with Crippen LogP contribution in [-0.4, -0.2) is 132 Å². The van der Waals surface area contributed by atoms with Crippen molar-refractivity contribution in [3.05, 3.63) is 94.6 Å². The number of aromatic nitrogens is 1. The summed E-state index contributed by atoms with van der Waals surface area (Å²) in [7, 11) is 1.94. The second-order valence-corrected chi connectivity index (χ2v) is 21.2. The summed E-state index contributed by atoms with van der Waals surface area (Å²) in [5, 5.41) is 25.7. The predicted octanol–water partition coefficient (Wildman–Crippen LogP) is 7.00. The molecular weight excluding hydrogens is 998 g/mol. The number of rotatable bonds is 20. The number of aliphatic hydroxyl groups is 1. The van der Waals surface area contributed by atoms with Crippen LogP contribution in [0.3, 0.4) is 0 Å². The lowest BCUT2D eigenvalue weighted by Gasteiger charge is -2.41. The first-order valence-electron chi connectivity index (χ1n) is 24.6. The van der Waals surface area contributed by atoms with Crippen molar-refractivity contribution in [2.75, 3.05) is 69.5 Å². The molecule has 1 spiro atoms. The number of nitriles is 1. The number of halogens is 3. The number of thiocarbonyl (C=S) groups is 1. The fourth-order valence-corrected chi connectivity index (χ4v) is 10.7. The standard InChI is InChI=1S/C53H63F3N8O8S2/c1-34-45(74-33-59-34)36-11-9-35(10-12-36)30-58-47(67)43-28-40(65)31-62(43)48(68)46(51(2,3)4)60-44(66)32-71-25-8-24-70-23-6-7-26-72-41-17-15-38(16-18-41)64-50(73)63(49(69)52(64)19-21-61(5)22-20-52)39-14-13-37(29-57)42(27-39)53(54,55)56/h9-18,27,33,40,43,46,65H,6-8,19-26,28,30-32H2,1-5H3,(H,58,67)(H,60,66)/t40-,43+,46-/m1/s1. The Morgan fingerprint density at radius 1 is 0.959 bits per heavy atom. The molecule has 0 radical (unpaired) electrons. The monoisotopic (exact) mass is 1060 g/mol. The molecule has 0 unspecified atom stereocenters. The summed E-state index contributed by atoms with van der Waals surface area (Å²) in [4.78, 5) is 66.5. The summed E-state index contributed by atoms with van der Waals surface area (Å²) >= 11 is 7.40. The van der Waals surface area contributed by atoms with Crippen LogP contribution in [0.4, 0.5) is 24.5 Å². The summed E-state index contributed by atoms with van der Waals surface area (Å²) in [6, 6.07) is 17.8. The molecule has 21 heteroatoms. The number of hydrogen-bond acceptors (Lipinski definition) is 13. The Morgan fingerprint density at radius 3 is 2.27 bits per heavy atom. The Bertz CT molecular complexity index is 2680. The number of alkyl halides is 3. The normalized spacial score (nSPS) is 18.5. The van der Waals surface area contributed by atoms with Crippen LogP contribution in [-0.2, 0) is 41.4 Å². The Hall–Kier alpha value is -6.02. The molecule has 3 saturated heterocycles. The summed E-state index contributed by atoms with van der Waals surface area (Å²) in [5.41, 5.74) is 1.70. The molecule has 3 aromatic carbocycles. The Kier molecular flexibility index (Phi) is 18.2. The van der Waals surface area contributed by atoms with Crippen LogP contribution >= 0.6 is 23.6 Å². The Morgan fingerprint density at radius 2 is 1.62 bits per heavy atom. The number of aryl methyl sites for hydroxylation is 1. The minimum Gasteiger partial charge on any atom is -0.494 e. The first-order chi connectivity index (χ1) is 35.2. The first-order valence-corrected chi connectivity index (χ1v) is 25.9. The molecule has 396 valence electrons. The van der Waals surface area contributed by atoms with E-state index < -0.39 is 64.2 Å². The Labute approximate surface area is 438 Å². The van der Waals surface area contributed by atoms with E-state index in [1.165, 1.54) is 11.0 Å². The quantitative estimate of drug-likeness (QED) is 0.0607. The third-order valence-electron chi connectivity index (χ3n) is 13.5. The van der Waals surface area contributed by atoms with E-state index in [0.717, 1.165) is 38.7 Å². The van der Waals surface area contributed by atoms with E-state index in [-0.39, 0.29) is 49.4 Å². The molecule has 3 fully saturated rings. The van der Waals surface area contributed by atoms with Crippen molar-refractivity contribution in [2.45, 2.75) is 103 Å². The van der Waals surface area contributed by atoms with E-state index in [0.29, 0.717) is 76.5 Å². The molecule has 0 aliphatic carbocycles. The number of amides is 4. The molecular formula is C53H63F3N8O8S2. The van der Waals surface area contributed by atoms with Crippen LogP contribution in [0.2, 0.25) is 0 Å².